The van der Waals surface area contributed by atoms with Crippen molar-refractivity contribution in [2.24, 2.45) is 0 Å². The second-order valence-corrected chi connectivity index (χ2v) is 6.04. The Labute approximate surface area is 169 Å². The number of carbonyl (C=O) groups excluding carboxylic acids is 1. The number of methoxy groups -OCH3 is 1. The number of hydrogen-bond donors (Lipinski definition) is 1. The van der Waals surface area contributed by atoms with Crippen molar-refractivity contribution >= 4 is 17.7 Å². The minimum absolute atomic E-state index is 0.0294. The molecule has 0 atom stereocenters. The van der Waals surface area contributed by atoms with Gasteiger partial charge in [0, 0.05) is 29.2 Å². The van der Waals surface area contributed by atoms with Crippen molar-refractivity contribution in [2.75, 3.05) is 12.4 Å². The molecule has 3 aromatic rings. The van der Waals surface area contributed by atoms with Gasteiger partial charge in [-0.1, -0.05) is 24.3 Å². The van der Waals surface area contributed by atoms with E-state index in [1.807, 2.05) is 30.3 Å². The van der Waals surface area contributed by atoms with Crippen LogP contribution in [0.4, 0.5) is 5.69 Å². The first-order valence-corrected chi connectivity index (χ1v) is 8.87. The van der Waals surface area contributed by atoms with Gasteiger partial charge in [-0.3, -0.25) is 9.78 Å². The fourth-order valence-corrected chi connectivity index (χ4v) is 2.55. The molecule has 0 aliphatic rings. The number of nitrogens with zero attached hydrogens (tertiary/aromatic N) is 2. The third kappa shape index (κ3) is 5.44. The van der Waals surface area contributed by atoms with Crippen LogP contribution < -0.4 is 14.8 Å². The van der Waals surface area contributed by atoms with Gasteiger partial charge < -0.3 is 14.8 Å². The molecular weight excluding hydrogens is 366 g/mol. The quantitative estimate of drug-likeness (QED) is 0.486. The predicted molar refractivity (Wildman–Crippen MR) is 110 cm³/mol. The van der Waals surface area contributed by atoms with Gasteiger partial charge in [-0.05, 0) is 42.5 Å². The fourth-order valence-electron chi connectivity index (χ4n) is 2.55. The van der Waals surface area contributed by atoms with Crippen molar-refractivity contribution in [1.29, 1.82) is 5.26 Å². The normalized spacial score (nSPS) is 10.7. The molecule has 0 spiro atoms. The van der Waals surface area contributed by atoms with Crippen molar-refractivity contribution in [2.45, 2.75) is 6.61 Å². The molecule has 3 rings (SSSR count). The SMILES string of the molecule is COc1ccc(NC(=O)/C(C#N)=C/c2ccccc2OCc2cccnc2)cc1. The molecule has 1 amide bonds. The Morgan fingerprint density at radius 3 is 2.62 bits per heavy atom. The van der Waals surface area contributed by atoms with Crippen LogP contribution in [0.25, 0.3) is 6.08 Å². The van der Waals surface area contributed by atoms with Crippen LogP contribution in [-0.2, 0) is 11.4 Å². The standard InChI is InChI=1S/C23H19N3O3/c1-28-21-10-8-20(9-11-21)26-23(27)19(14-24)13-18-6-2-3-7-22(18)29-16-17-5-4-12-25-15-17/h2-13,15H,16H2,1H3,(H,26,27)/b19-13+. The highest BCUT2D eigenvalue weighted by Gasteiger charge is 2.11. The van der Waals surface area contributed by atoms with Crippen LogP contribution in [0.5, 0.6) is 11.5 Å². The Balaban J connectivity index is 1.75. The van der Waals surface area contributed by atoms with Crippen molar-refractivity contribution in [3.05, 3.63) is 89.8 Å². The van der Waals surface area contributed by atoms with E-state index < -0.39 is 5.91 Å². The Kier molecular flexibility index (Phi) is 6.58. The summed E-state index contributed by atoms with van der Waals surface area (Å²) in [6.07, 6.45) is 4.93. The number of anilines is 1. The second-order valence-electron chi connectivity index (χ2n) is 6.04. The lowest BCUT2D eigenvalue weighted by atomic mass is 10.1. The molecule has 0 aliphatic heterocycles. The van der Waals surface area contributed by atoms with Crippen LogP contribution in [0.2, 0.25) is 0 Å². The number of nitriles is 1. The lowest BCUT2D eigenvalue weighted by Crippen LogP contribution is -2.13. The van der Waals surface area contributed by atoms with Gasteiger partial charge in [0.1, 0.15) is 29.7 Å². The summed E-state index contributed by atoms with van der Waals surface area (Å²) in [6, 6.07) is 19.8. The number of amides is 1. The van der Waals surface area contributed by atoms with E-state index in [2.05, 4.69) is 10.3 Å². The van der Waals surface area contributed by atoms with E-state index in [0.717, 1.165) is 5.56 Å². The van der Waals surface area contributed by atoms with E-state index in [9.17, 15) is 10.1 Å². The first-order valence-electron chi connectivity index (χ1n) is 8.87. The predicted octanol–water partition coefficient (Wildman–Crippen LogP) is 4.21. The molecule has 6 heteroatoms. The highest BCUT2D eigenvalue weighted by atomic mass is 16.5. The lowest BCUT2D eigenvalue weighted by molar-refractivity contribution is -0.112. The van der Waals surface area contributed by atoms with Gasteiger partial charge in [0.15, 0.2) is 0 Å². The minimum Gasteiger partial charge on any atom is -0.497 e. The smallest absolute Gasteiger partial charge is 0.266 e. The van der Waals surface area contributed by atoms with Crippen LogP contribution in [0.15, 0.2) is 78.6 Å². The number of hydrogen-bond acceptors (Lipinski definition) is 5. The van der Waals surface area contributed by atoms with Crippen molar-refractivity contribution in [1.82, 2.24) is 4.98 Å². The van der Waals surface area contributed by atoms with Crippen LogP contribution in [-0.4, -0.2) is 18.0 Å². The first-order chi connectivity index (χ1) is 14.2. The van der Waals surface area contributed by atoms with Gasteiger partial charge in [-0.2, -0.15) is 5.26 Å². The van der Waals surface area contributed by atoms with Crippen molar-refractivity contribution in [3.8, 4) is 17.6 Å². The molecule has 2 aromatic carbocycles. The number of para-hydroxylation sites is 1. The van der Waals surface area contributed by atoms with Crippen LogP contribution in [0.3, 0.4) is 0 Å². The zero-order valence-corrected chi connectivity index (χ0v) is 15.8. The summed E-state index contributed by atoms with van der Waals surface area (Å²) >= 11 is 0. The van der Waals surface area contributed by atoms with E-state index in [0.29, 0.717) is 29.4 Å². The van der Waals surface area contributed by atoms with E-state index in [1.165, 1.54) is 6.08 Å². The lowest BCUT2D eigenvalue weighted by Gasteiger charge is -2.10. The van der Waals surface area contributed by atoms with Gasteiger partial charge in [-0.25, -0.2) is 0 Å². The molecule has 0 unspecified atom stereocenters. The number of nitrogens with one attached hydrogen (secondary N) is 1. The van der Waals surface area contributed by atoms with E-state index >= 15 is 0 Å². The van der Waals surface area contributed by atoms with E-state index in [4.69, 9.17) is 9.47 Å². The molecule has 29 heavy (non-hydrogen) atoms. The zero-order chi connectivity index (χ0) is 20.5. The van der Waals surface area contributed by atoms with Gasteiger partial charge >= 0.3 is 0 Å². The summed E-state index contributed by atoms with van der Waals surface area (Å²) in [4.78, 5) is 16.6. The summed E-state index contributed by atoms with van der Waals surface area (Å²) in [6.45, 7) is 0.332. The van der Waals surface area contributed by atoms with Gasteiger partial charge in [0.2, 0.25) is 0 Å². The minimum atomic E-state index is -0.500. The number of benzene rings is 2. The third-order valence-corrected chi connectivity index (χ3v) is 4.05. The molecular formula is C23H19N3O3. The van der Waals surface area contributed by atoms with Crippen molar-refractivity contribution in [3.63, 3.8) is 0 Å². The molecule has 0 fully saturated rings. The Morgan fingerprint density at radius 2 is 1.93 bits per heavy atom. The van der Waals surface area contributed by atoms with Gasteiger partial charge in [0.25, 0.3) is 5.91 Å². The highest BCUT2D eigenvalue weighted by molar-refractivity contribution is 6.09. The Bertz CT molecular complexity index is 1040. The summed E-state index contributed by atoms with van der Waals surface area (Å²) in [5, 5.41) is 12.2. The summed E-state index contributed by atoms with van der Waals surface area (Å²) < 4.78 is 10.9. The largest absolute Gasteiger partial charge is 0.497 e. The number of carbonyl (C=O) groups is 1. The maximum atomic E-state index is 12.5. The number of aromatic nitrogens is 1. The highest BCUT2D eigenvalue weighted by Crippen LogP contribution is 2.23. The maximum absolute atomic E-state index is 12.5. The molecule has 1 heterocycles. The molecule has 144 valence electrons. The maximum Gasteiger partial charge on any atom is 0.266 e. The Hall–Kier alpha value is -4.11. The average Bonchev–Trinajstić information content (AvgIpc) is 2.77. The van der Waals surface area contributed by atoms with Gasteiger partial charge in [-0.15, -0.1) is 0 Å². The Morgan fingerprint density at radius 1 is 1.14 bits per heavy atom. The molecule has 0 aliphatic carbocycles. The molecule has 0 radical (unpaired) electrons. The van der Waals surface area contributed by atoms with Gasteiger partial charge in [0.05, 0.1) is 7.11 Å². The first kappa shape index (κ1) is 19.6. The third-order valence-electron chi connectivity index (χ3n) is 4.05. The number of pyridine rings is 1. The zero-order valence-electron chi connectivity index (χ0n) is 15.8. The van der Waals surface area contributed by atoms with Crippen LogP contribution >= 0.6 is 0 Å². The number of ether oxygens (including phenoxy) is 2. The van der Waals surface area contributed by atoms with Crippen LogP contribution in [0, 0.1) is 11.3 Å². The second kappa shape index (κ2) is 9.72. The van der Waals surface area contributed by atoms with Crippen molar-refractivity contribution < 1.29 is 14.3 Å². The van der Waals surface area contributed by atoms with E-state index in [-0.39, 0.29) is 5.57 Å². The summed E-state index contributed by atoms with van der Waals surface area (Å²) in [5.74, 6) is 0.750. The molecule has 1 N–H and O–H groups in total. The summed E-state index contributed by atoms with van der Waals surface area (Å²) in [5.41, 5.74) is 2.10. The molecule has 0 bridgehead atoms. The van der Waals surface area contributed by atoms with E-state index in [1.54, 1.807) is 55.9 Å². The summed E-state index contributed by atoms with van der Waals surface area (Å²) in [7, 11) is 1.57. The molecule has 6 nitrogen and oxygen atoms in total. The topological polar surface area (TPSA) is 84.2 Å². The average molecular weight is 385 g/mol. The van der Waals surface area contributed by atoms with Crippen LogP contribution in [0.1, 0.15) is 11.1 Å². The molecule has 0 saturated heterocycles. The monoisotopic (exact) mass is 385 g/mol. The molecule has 0 saturated carbocycles. The molecule has 1 aromatic heterocycles. The fraction of sp³-hybridized carbons (Fsp3) is 0.0870. The number of rotatable bonds is 7.